The van der Waals surface area contributed by atoms with Crippen LogP contribution >= 0.6 is 11.6 Å². The minimum absolute atomic E-state index is 0.0623. The van der Waals surface area contributed by atoms with Crippen LogP contribution in [0.1, 0.15) is 32.9 Å². The maximum absolute atomic E-state index is 11.8. The van der Waals surface area contributed by atoms with E-state index >= 15 is 0 Å². The van der Waals surface area contributed by atoms with Crippen molar-refractivity contribution in [2.24, 2.45) is 5.92 Å². The number of anilines is 1. The molecular formula is C12H17ClN2O2. The fourth-order valence-corrected chi connectivity index (χ4v) is 2.05. The maximum Gasteiger partial charge on any atom is 0.234 e. The van der Waals surface area contributed by atoms with Crippen molar-refractivity contribution in [3.8, 4) is 0 Å². The van der Waals surface area contributed by atoms with Crippen LogP contribution in [0.2, 0.25) is 0 Å². The number of aromatic nitrogens is 1. The molecule has 17 heavy (non-hydrogen) atoms. The molecular weight excluding hydrogens is 240 g/mol. The Labute approximate surface area is 106 Å². The Morgan fingerprint density at radius 3 is 2.76 bits per heavy atom. The molecule has 1 fully saturated rings. The molecule has 2 heterocycles. The third-order valence-electron chi connectivity index (χ3n) is 2.96. The minimum Gasteiger partial charge on any atom is -0.338 e. The quantitative estimate of drug-likeness (QED) is 0.764. The first-order chi connectivity index (χ1) is 7.91. The Morgan fingerprint density at radius 2 is 2.29 bits per heavy atom. The summed E-state index contributed by atoms with van der Waals surface area (Å²) in [5, 5.41) is 4.02. The van der Waals surface area contributed by atoms with Crippen molar-refractivity contribution in [2.75, 3.05) is 17.3 Å². The van der Waals surface area contributed by atoms with Crippen molar-refractivity contribution in [2.45, 2.75) is 32.6 Å². The number of hydrogen-bond donors (Lipinski definition) is 0. The Kier molecular flexibility index (Phi) is 3.17. The average molecular weight is 257 g/mol. The standard InChI is InChI=1S/C12H17ClN2O2/c1-12(2,3)9-5-11(17-14-9)15-7-8(6-13)4-10(15)16/h5,8H,4,6-7H2,1-3H3. The van der Waals surface area contributed by atoms with E-state index in [-0.39, 0.29) is 17.2 Å². The Morgan fingerprint density at radius 1 is 1.59 bits per heavy atom. The van der Waals surface area contributed by atoms with Gasteiger partial charge in [-0.25, -0.2) is 0 Å². The van der Waals surface area contributed by atoms with Gasteiger partial charge in [-0.05, 0) is 5.92 Å². The molecule has 0 N–H and O–H groups in total. The van der Waals surface area contributed by atoms with Crippen LogP contribution in [-0.4, -0.2) is 23.5 Å². The van der Waals surface area contributed by atoms with Gasteiger partial charge < -0.3 is 4.52 Å². The second-order valence-corrected chi connectivity index (χ2v) is 5.84. The van der Waals surface area contributed by atoms with Gasteiger partial charge in [0.05, 0.1) is 5.69 Å². The van der Waals surface area contributed by atoms with E-state index in [4.69, 9.17) is 16.1 Å². The van der Waals surface area contributed by atoms with Crippen molar-refractivity contribution in [1.29, 1.82) is 0 Å². The highest BCUT2D eigenvalue weighted by atomic mass is 35.5. The highest BCUT2D eigenvalue weighted by Crippen LogP contribution is 2.29. The molecule has 1 aliphatic heterocycles. The number of carbonyl (C=O) groups excluding carboxylic acids is 1. The van der Waals surface area contributed by atoms with Crippen molar-refractivity contribution in [1.82, 2.24) is 5.16 Å². The molecule has 0 aliphatic carbocycles. The van der Waals surface area contributed by atoms with Crippen LogP contribution in [0.4, 0.5) is 5.88 Å². The summed E-state index contributed by atoms with van der Waals surface area (Å²) < 4.78 is 5.25. The summed E-state index contributed by atoms with van der Waals surface area (Å²) >= 11 is 5.78. The lowest BCUT2D eigenvalue weighted by atomic mass is 9.92. The van der Waals surface area contributed by atoms with Gasteiger partial charge in [0, 0.05) is 30.3 Å². The molecule has 0 saturated carbocycles. The zero-order chi connectivity index (χ0) is 12.6. The SMILES string of the molecule is CC(C)(C)c1cc(N2CC(CCl)CC2=O)on1. The largest absolute Gasteiger partial charge is 0.338 e. The van der Waals surface area contributed by atoms with Gasteiger partial charge in [-0.15, -0.1) is 11.6 Å². The van der Waals surface area contributed by atoms with Crippen LogP contribution in [0.25, 0.3) is 0 Å². The molecule has 0 spiro atoms. The van der Waals surface area contributed by atoms with E-state index in [1.165, 1.54) is 0 Å². The predicted molar refractivity (Wildman–Crippen MR) is 66.4 cm³/mol. The van der Waals surface area contributed by atoms with Crippen LogP contribution in [-0.2, 0) is 10.2 Å². The molecule has 0 aromatic carbocycles. The summed E-state index contributed by atoms with van der Waals surface area (Å²) in [5.74, 6) is 1.31. The lowest BCUT2D eigenvalue weighted by Gasteiger charge is -2.13. The van der Waals surface area contributed by atoms with Gasteiger partial charge in [-0.1, -0.05) is 25.9 Å². The Hall–Kier alpha value is -1.03. The first-order valence-electron chi connectivity index (χ1n) is 5.75. The number of halogens is 1. The smallest absolute Gasteiger partial charge is 0.234 e. The topological polar surface area (TPSA) is 46.3 Å². The molecule has 94 valence electrons. The molecule has 1 amide bonds. The first kappa shape index (κ1) is 12.4. The van der Waals surface area contributed by atoms with E-state index in [0.29, 0.717) is 24.7 Å². The van der Waals surface area contributed by atoms with Crippen LogP contribution in [0.3, 0.4) is 0 Å². The summed E-state index contributed by atoms with van der Waals surface area (Å²) in [6, 6.07) is 1.84. The predicted octanol–water partition coefficient (Wildman–Crippen LogP) is 2.56. The molecule has 1 aromatic rings. The zero-order valence-electron chi connectivity index (χ0n) is 10.4. The summed E-state index contributed by atoms with van der Waals surface area (Å²) in [4.78, 5) is 13.4. The lowest BCUT2D eigenvalue weighted by Crippen LogP contribution is -2.24. The van der Waals surface area contributed by atoms with Crippen molar-refractivity contribution < 1.29 is 9.32 Å². The summed E-state index contributed by atoms with van der Waals surface area (Å²) in [6.07, 6.45) is 0.495. The van der Waals surface area contributed by atoms with Gasteiger partial charge in [-0.2, -0.15) is 0 Å². The number of alkyl halides is 1. The molecule has 1 unspecified atom stereocenters. The second kappa shape index (κ2) is 4.33. The number of hydrogen-bond acceptors (Lipinski definition) is 3. The van der Waals surface area contributed by atoms with Crippen LogP contribution < -0.4 is 4.90 Å². The van der Waals surface area contributed by atoms with E-state index in [9.17, 15) is 4.79 Å². The number of rotatable bonds is 2. The second-order valence-electron chi connectivity index (χ2n) is 5.53. The molecule has 5 heteroatoms. The molecule has 0 bridgehead atoms. The van der Waals surface area contributed by atoms with E-state index in [0.717, 1.165) is 5.69 Å². The van der Waals surface area contributed by atoms with E-state index in [1.807, 2.05) is 6.07 Å². The molecule has 2 rings (SSSR count). The van der Waals surface area contributed by atoms with Gasteiger partial charge in [0.2, 0.25) is 11.8 Å². The van der Waals surface area contributed by atoms with Gasteiger partial charge in [0.1, 0.15) is 0 Å². The summed E-state index contributed by atoms with van der Waals surface area (Å²) in [6.45, 7) is 6.80. The highest BCUT2D eigenvalue weighted by molar-refractivity contribution is 6.18. The van der Waals surface area contributed by atoms with Gasteiger partial charge >= 0.3 is 0 Å². The molecule has 4 nitrogen and oxygen atoms in total. The van der Waals surface area contributed by atoms with Crippen LogP contribution in [0.5, 0.6) is 0 Å². The molecule has 1 aromatic heterocycles. The Bertz CT molecular complexity index is 422. The fraction of sp³-hybridized carbons (Fsp3) is 0.667. The van der Waals surface area contributed by atoms with Crippen molar-refractivity contribution in [3.05, 3.63) is 11.8 Å². The average Bonchev–Trinajstić information content (AvgIpc) is 2.82. The van der Waals surface area contributed by atoms with E-state index in [2.05, 4.69) is 25.9 Å². The van der Waals surface area contributed by atoms with Gasteiger partial charge in [-0.3, -0.25) is 9.69 Å². The number of nitrogens with zero attached hydrogens (tertiary/aromatic N) is 2. The molecule has 1 saturated heterocycles. The first-order valence-corrected chi connectivity index (χ1v) is 6.29. The van der Waals surface area contributed by atoms with E-state index < -0.39 is 0 Å². The Balaban J connectivity index is 2.19. The molecule has 1 atom stereocenters. The molecule has 0 radical (unpaired) electrons. The number of amides is 1. The van der Waals surface area contributed by atoms with Crippen LogP contribution in [0.15, 0.2) is 10.6 Å². The van der Waals surface area contributed by atoms with Gasteiger partial charge in [0.15, 0.2) is 0 Å². The number of carbonyl (C=O) groups is 1. The maximum atomic E-state index is 11.8. The fourth-order valence-electron chi connectivity index (χ4n) is 1.84. The van der Waals surface area contributed by atoms with E-state index in [1.54, 1.807) is 4.90 Å². The normalized spacial score (nSPS) is 21.3. The minimum atomic E-state index is -0.0730. The third-order valence-corrected chi connectivity index (χ3v) is 3.39. The van der Waals surface area contributed by atoms with Gasteiger partial charge in [0.25, 0.3) is 0 Å². The van der Waals surface area contributed by atoms with Crippen molar-refractivity contribution >= 4 is 23.4 Å². The van der Waals surface area contributed by atoms with Crippen LogP contribution in [0, 0.1) is 5.92 Å². The summed E-state index contributed by atoms with van der Waals surface area (Å²) in [5.41, 5.74) is 0.783. The highest BCUT2D eigenvalue weighted by Gasteiger charge is 2.33. The van der Waals surface area contributed by atoms with Crippen molar-refractivity contribution in [3.63, 3.8) is 0 Å². The lowest BCUT2D eigenvalue weighted by molar-refractivity contribution is -0.117. The molecule has 1 aliphatic rings. The summed E-state index contributed by atoms with van der Waals surface area (Å²) in [7, 11) is 0. The third kappa shape index (κ3) is 2.46. The zero-order valence-corrected chi connectivity index (χ0v) is 11.1. The monoisotopic (exact) mass is 256 g/mol.